The van der Waals surface area contributed by atoms with Crippen molar-refractivity contribution in [3.8, 4) is 0 Å². The highest BCUT2D eigenvalue weighted by Gasteiger charge is 2.35. The molecule has 0 unspecified atom stereocenters. The average molecular weight is 497 g/mol. The molecule has 0 saturated heterocycles. The Kier molecular flexibility index (Phi) is 7.04. The van der Waals surface area contributed by atoms with Crippen LogP contribution in [0.2, 0.25) is 0 Å². The maximum atomic E-state index is 14.1. The van der Waals surface area contributed by atoms with E-state index in [1.54, 1.807) is 42.5 Å². The number of hydrogen-bond donors (Lipinski definition) is 1. The van der Waals surface area contributed by atoms with E-state index in [1.165, 1.54) is 24.3 Å². The quantitative estimate of drug-likeness (QED) is 0.360. The van der Waals surface area contributed by atoms with E-state index in [0.717, 1.165) is 17.0 Å². The molecule has 1 atom stereocenters. The van der Waals surface area contributed by atoms with Crippen LogP contribution >= 0.6 is 0 Å². The molecule has 35 heavy (non-hydrogen) atoms. The molecule has 2 amide bonds. The summed E-state index contributed by atoms with van der Waals surface area (Å²) in [7, 11) is -4.39. The van der Waals surface area contributed by atoms with Crippen LogP contribution in [0, 0.1) is 5.82 Å². The lowest BCUT2D eigenvalue weighted by atomic mass is 10.1. The third-order valence-corrected chi connectivity index (χ3v) is 6.93. The molecule has 0 fully saturated rings. The third kappa shape index (κ3) is 5.28. The predicted molar refractivity (Wildman–Crippen MR) is 123 cm³/mol. The van der Waals surface area contributed by atoms with Gasteiger partial charge in [-0.05, 0) is 36.2 Å². The monoisotopic (exact) mass is 496 g/mol. The fourth-order valence-electron chi connectivity index (χ4n) is 3.72. The SMILES string of the molecule is O=C(OCCN1C(=O)c2ccccc2C1=O)[C@H](Cc1ccccc1)NS(=O)(=O)c1ccccc1F. The second-order valence-electron chi connectivity index (χ2n) is 7.77. The maximum Gasteiger partial charge on any atom is 0.324 e. The first-order valence-electron chi connectivity index (χ1n) is 10.7. The molecule has 1 heterocycles. The lowest BCUT2D eigenvalue weighted by Gasteiger charge is -2.19. The van der Waals surface area contributed by atoms with Gasteiger partial charge in [0.05, 0.1) is 17.7 Å². The Labute approximate surface area is 201 Å². The van der Waals surface area contributed by atoms with Crippen LogP contribution in [0.15, 0.2) is 83.8 Å². The fourth-order valence-corrected chi connectivity index (χ4v) is 4.98. The van der Waals surface area contributed by atoms with Gasteiger partial charge >= 0.3 is 5.97 Å². The van der Waals surface area contributed by atoms with Gasteiger partial charge in [0.1, 0.15) is 23.4 Å². The number of halogens is 1. The van der Waals surface area contributed by atoms with E-state index in [1.807, 2.05) is 0 Å². The van der Waals surface area contributed by atoms with Crippen LogP contribution in [-0.4, -0.2) is 50.3 Å². The molecule has 0 saturated carbocycles. The first kappa shape index (κ1) is 24.2. The molecular formula is C25H21FN2O6S. The molecule has 0 radical (unpaired) electrons. The van der Waals surface area contributed by atoms with Crippen molar-refractivity contribution in [1.82, 2.24) is 9.62 Å². The van der Waals surface area contributed by atoms with E-state index in [0.29, 0.717) is 5.56 Å². The summed E-state index contributed by atoms with van der Waals surface area (Å²) in [5, 5.41) is 0. The summed E-state index contributed by atoms with van der Waals surface area (Å²) in [6, 6.07) is 18.4. The Hall–Kier alpha value is -3.89. The number of ether oxygens (including phenoxy) is 1. The lowest BCUT2D eigenvalue weighted by molar-refractivity contribution is -0.145. The van der Waals surface area contributed by atoms with E-state index in [4.69, 9.17) is 4.74 Å². The smallest absolute Gasteiger partial charge is 0.324 e. The summed E-state index contributed by atoms with van der Waals surface area (Å²) in [6.07, 6.45) is -0.0552. The van der Waals surface area contributed by atoms with Crippen LogP contribution in [0.25, 0.3) is 0 Å². The number of sulfonamides is 1. The van der Waals surface area contributed by atoms with Gasteiger partial charge in [0, 0.05) is 0 Å². The normalized spacial score (nSPS) is 14.0. The zero-order valence-corrected chi connectivity index (χ0v) is 19.2. The van der Waals surface area contributed by atoms with Crippen molar-refractivity contribution in [1.29, 1.82) is 0 Å². The van der Waals surface area contributed by atoms with Crippen molar-refractivity contribution in [2.24, 2.45) is 0 Å². The summed E-state index contributed by atoms with van der Waals surface area (Å²) in [4.78, 5) is 38.2. The van der Waals surface area contributed by atoms with E-state index in [2.05, 4.69) is 4.72 Å². The molecule has 0 aromatic heterocycles. The molecule has 3 aromatic rings. The van der Waals surface area contributed by atoms with Crippen molar-refractivity contribution in [3.05, 3.63) is 101 Å². The summed E-state index contributed by atoms with van der Waals surface area (Å²) in [6.45, 7) is -0.534. The molecule has 0 aliphatic carbocycles. The highest BCUT2D eigenvalue weighted by atomic mass is 32.2. The second kappa shape index (κ2) is 10.2. The zero-order chi connectivity index (χ0) is 25.0. The zero-order valence-electron chi connectivity index (χ0n) is 18.4. The molecule has 10 heteroatoms. The van der Waals surface area contributed by atoms with E-state index in [-0.39, 0.29) is 30.7 Å². The Bertz CT molecular complexity index is 1340. The molecule has 3 aromatic carbocycles. The first-order chi connectivity index (χ1) is 16.8. The van der Waals surface area contributed by atoms with Gasteiger partial charge in [-0.1, -0.05) is 54.6 Å². The number of carbonyl (C=O) groups is 3. The number of esters is 1. The maximum absolute atomic E-state index is 14.1. The number of hydrogen-bond acceptors (Lipinski definition) is 6. The summed E-state index contributed by atoms with van der Waals surface area (Å²) >= 11 is 0. The van der Waals surface area contributed by atoms with Crippen molar-refractivity contribution in [2.45, 2.75) is 17.4 Å². The van der Waals surface area contributed by atoms with Crippen LogP contribution in [-0.2, 0) is 26.0 Å². The first-order valence-corrected chi connectivity index (χ1v) is 12.2. The molecule has 8 nitrogen and oxygen atoms in total. The van der Waals surface area contributed by atoms with Crippen LogP contribution in [0.4, 0.5) is 4.39 Å². The standard InChI is InChI=1S/C25H21FN2O6S/c26-20-12-6-7-13-22(20)35(32,33)27-21(16-17-8-2-1-3-9-17)25(31)34-15-14-28-23(29)18-10-4-5-11-19(18)24(28)30/h1-13,21,27H,14-16H2/t21-/m0/s1. The predicted octanol–water partition coefficient (Wildman–Crippen LogP) is 2.55. The minimum Gasteiger partial charge on any atom is -0.463 e. The van der Waals surface area contributed by atoms with Gasteiger partial charge in [-0.25, -0.2) is 12.8 Å². The van der Waals surface area contributed by atoms with Crippen molar-refractivity contribution in [2.75, 3.05) is 13.2 Å². The third-order valence-electron chi connectivity index (χ3n) is 5.43. The summed E-state index contributed by atoms with van der Waals surface area (Å²) < 4.78 is 47.2. The van der Waals surface area contributed by atoms with Crippen molar-refractivity contribution >= 4 is 27.8 Å². The number of amides is 2. The molecule has 180 valence electrons. The number of fused-ring (bicyclic) bond motifs is 1. The minimum absolute atomic E-state index is 0.0552. The Morgan fingerprint density at radius 3 is 2.09 bits per heavy atom. The highest BCUT2D eigenvalue weighted by molar-refractivity contribution is 7.89. The van der Waals surface area contributed by atoms with Crippen LogP contribution in [0.3, 0.4) is 0 Å². The van der Waals surface area contributed by atoms with Crippen LogP contribution in [0.1, 0.15) is 26.3 Å². The number of nitrogens with one attached hydrogen (secondary N) is 1. The van der Waals surface area contributed by atoms with Gasteiger partial charge < -0.3 is 4.74 Å². The van der Waals surface area contributed by atoms with Gasteiger partial charge in [0.15, 0.2) is 0 Å². The van der Waals surface area contributed by atoms with E-state index >= 15 is 0 Å². The van der Waals surface area contributed by atoms with Gasteiger partial charge in [-0.15, -0.1) is 0 Å². The van der Waals surface area contributed by atoms with Crippen molar-refractivity contribution < 1.29 is 31.9 Å². The number of imide groups is 1. The molecule has 0 bridgehead atoms. The molecular weight excluding hydrogens is 475 g/mol. The topological polar surface area (TPSA) is 110 Å². The van der Waals surface area contributed by atoms with Gasteiger partial charge in [-0.3, -0.25) is 19.3 Å². The summed E-state index contributed by atoms with van der Waals surface area (Å²) in [5.41, 5.74) is 1.18. The van der Waals surface area contributed by atoms with Gasteiger partial charge in [-0.2, -0.15) is 4.72 Å². The number of carbonyl (C=O) groups excluding carboxylic acids is 3. The van der Waals surface area contributed by atoms with Crippen molar-refractivity contribution in [3.63, 3.8) is 0 Å². The molecule has 1 aliphatic rings. The largest absolute Gasteiger partial charge is 0.463 e. The van der Waals surface area contributed by atoms with E-state index < -0.39 is 44.6 Å². The fraction of sp³-hybridized carbons (Fsp3) is 0.160. The van der Waals surface area contributed by atoms with Crippen LogP contribution < -0.4 is 4.72 Å². The van der Waals surface area contributed by atoms with Crippen LogP contribution in [0.5, 0.6) is 0 Å². The number of benzene rings is 3. The van der Waals surface area contributed by atoms with Gasteiger partial charge in [0.2, 0.25) is 10.0 Å². The molecule has 0 spiro atoms. The minimum atomic E-state index is -4.39. The summed E-state index contributed by atoms with van der Waals surface area (Å²) in [5.74, 6) is -2.88. The average Bonchev–Trinajstić information content (AvgIpc) is 3.09. The lowest BCUT2D eigenvalue weighted by Crippen LogP contribution is -2.44. The number of rotatable bonds is 9. The Morgan fingerprint density at radius 1 is 0.886 bits per heavy atom. The Morgan fingerprint density at radius 2 is 1.46 bits per heavy atom. The highest BCUT2D eigenvalue weighted by Crippen LogP contribution is 2.22. The molecule has 1 N–H and O–H groups in total. The Balaban J connectivity index is 1.46. The second-order valence-corrected chi connectivity index (χ2v) is 9.45. The van der Waals surface area contributed by atoms with E-state index in [9.17, 15) is 27.2 Å². The van der Waals surface area contributed by atoms with Gasteiger partial charge in [0.25, 0.3) is 11.8 Å². The number of nitrogens with zero attached hydrogens (tertiary/aromatic N) is 1. The molecule has 1 aliphatic heterocycles. The molecule has 4 rings (SSSR count).